The molecule has 1 unspecified atom stereocenters. The lowest BCUT2D eigenvalue weighted by molar-refractivity contribution is -0.116. The van der Waals surface area contributed by atoms with Gasteiger partial charge in [-0.25, -0.2) is 0 Å². The summed E-state index contributed by atoms with van der Waals surface area (Å²) in [5.74, 6) is 0.0178. The van der Waals surface area contributed by atoms with E-state index >= 15 is 0 Å². The minimum atomic E-state index is -0.678. The van der Waals surface area contributed by atoms with Crippen LogP contribution < -0.4 is 0 Å². The topological polar surface area (TPSA) is 37.3 Å². The fourth-order valence-corrected chi connectivity index (χ4v) is 0.794. The van der Waals surface area contributed by atoms with Gasteiger partial charge in [-0.2, -0.15) is 0 Å². The summed E-state index contributed by atoms with van der Waals surface area (Å²) in [4.78, 5) is 11.0. The third-order valence-electron chi connectivity index (χ3n) is 1.67. The highest BCUT2D eigenvalue weighted by molar-refractivity contribution is 5.95. The van der Waals surface area contributed by atoms with E-state index < -0.39 is 6.10 Å². The van der Waals surface area contributed by atoms with Crippen molar-refractivity contribution in [2.24, 2.45) is 5.92 Å². The Morgan fingerprint density at radius 2 is 2.00 bits per heavy atom. The minimum Gasteiger partial charge on any atom is -0.388 e. The number of carbonyl (C=O) groups is 1. The Morgan fingerprint density at radius 3 is 2.27 bits per heavy atom. The van der Waals surface area contributed by atoms with Gasteiger partial charge in [0.05, 0.1) is 6.10 Å². The summed E-state index contributed by atoms with van der Waals surface area (Å²) in [6.07, 6.45) is -0.259. The minimum absolute atomic E-state index is 0.0498. The van der Waals surface area contributed by atoms with Crippen LogP contribution in [-0.4, -0.2) is 17.0 Å². The van der Waals surface area contributed by atoms with E-state index in [9.17, 15) is 9.90 Å². The Labute approximate surface area is 67.9 Å². The summed E-state index contributed by atoms with van der Waals surface area (Å²) in [7, 11) is 0. The Kier molecular flexibility index (Phi) is 4.04. The highest BCUT2D eigenvalue weighted by Gasteiger charge is 2.17. The first-order valence-electron chi connectivity index (χ1n) is 3.90. The first-order valence-corrected chi connectivity index (χ1v) is 3.90. The van der Waals surface area contributed by atoms with Gasteiger partial charge in [0, 0.05) is 12.0 Å². The molecule has 0 aliphatic carbocycles. The quantitative estimate of drug-likeness (QED) is 0.627. The molecule has 0 bridgehead atoms. The molecule has 0 heterocycles. The second-order valence-electron chi connectivity index (χ2n) is 2.99. The molecule has 1 atom stereocenters. The summed E-state index contributed by atoms with van der Waals surface area (Å²) in [5, 5.41) is 9.38. The zero-order valence-corrected chi connectivity index (χ0v) is 7.42. The average molecular weight is 156 g/mol. The summed E-state index contributed by atoms with van der Waals surface area (Å²) >= 11 is 0. The highest BCUT2D eigenvalue weighted by Crippen LogP contribution is 2.11. The molecule has 0 radical (unpaired) electrons. The number of carbonyl (C=O) groups excluding carboxylic acids is 1. The lowest BCUT2D eigenvalue weighted by Gasteiger charge is -2.15. The van der Waals surface area contributed by atoms with Crippen LogP contribution in [0, 0.1) is 5.92 Å². The molecule has 0 fully saturated rings. The molecule has 0 aliphatic heterocycles. The SMILES string of the molecule is C=C(C(=O)CC)C(O)C(C)C. The van der Waals surface area contributed by atoms with Crippen molar-refractivity contribution in [2.75, 3.05) is 0 Å². The molecule has 0 saturated heterocycles. The van der Waals surface area contributed by atoms with Crippen LogP contribution in [0.5, 0.6) is 0 Å². The molecule has 0 aromatic carbocycles. The van der Waals surface area contributed by atoms with E-state index in [0.717, 1.165) is 0 Å². The molecule has 0 spiro atoms. The van der Waals surface area contributed by atoms with Crippen LogP contribution in [0.1, 0.15) is 27.2 Å². The van der Waals surface area contributed by atoms with Crippen LogP contribution >= 0.6 is 0 Å². The standard InChI is InChI=1S/C9H16O2/c1-5-8(10)7(4)9(11)6(2)3/h6,9,11H,4-5H2,1-3H3. The van der Waals surface area contributed by atoms with Crippen LogP contribution in [0.15, 0.2) is 12.2 Å². The van der Waals surface area contributed by atoms with Crippen LogP contribution in [0.3, 0.4) is 0 Å². The van der Waals surface area contributed by atoms with E-state index in [4.69, 9.17) is 0 Å². The van der Waals surface area contributed by atoms with Gasteiger partial charge in [0.15, 0.2) is 5.78 Å². The third kappa shape index (κ3) is 2.85. The van der Waals surface area contributed by atoms with E-state index in [1.165, 1.54) is 0 Å². The van der Waals surface area contributed by atoms with Gasteiger partial charge in [0.25, 0.3) is 0 Å². The Balaban J connectivity index is 4.14. The smallest absolute Gasteiger partial charge is 0.160 e. The normalized spacial score (nSPS) is 13.2. The average Bonchev–Trinajstić information content (AvgIpc) is 2.00. The predicted molar refractivity (Wildman–Crippen MR) is 45.3 cm³/mol. The van der Waals surface area contributed by atoms with Crippen LogP contribution in [0.2, 0.25) is 0 Å². The lowest BCUT2D eigenvalue weighted by Crippen LogP contribution is -2.22. The van der Waals surface area contributed by atoms with Crippen molar-refractivity contribution in [3.63, 3.8) is 0 Å². The van der Waals surface area contributed by atoms with E-state index in [-0.39, 0.29) is 11.7 Å². The number of rotatable bonds is 4. The first-order chi connectivity index (χ1) is 5.00. The molecule has 0 aliphatic rings. The lowest BCUT2D eigenvalue weighted by atomic mass is 9.96. The van der Waals surface area contributed by atoms with Crippen molar-refractivity contribution in [1.29, 1.82) is 0 Å². The summed E-state index contributed by atoms with van der Waals surface area (Å²) in [6, 6.07) is 0. The number of hydrogen-bond acceptors (Lipinski definition) is 2. The van der Waals surface area contributed by atoms with E-state index in [1.54, 1.807) is 6.92 Å². The molecule has 2 heteroatoms. The van der Waals surface area contributed by atoms with Crippen molar-refractivity contribution in [3.8, 4) is 0 Å². The predicted octanol–water partition coefficient (Wildman–Crippen LogP) is 1.54. The van der Waals surface area contributed by atoms with Gasteiger partial charge in [0.1, 0.15) is 0 Å². The Bertz CT molecular complexity index is 159. The molecule has 0 rings (SSSR count). The molecule has 11 heavy (non-hydrogen) atoms. The molecule has 64 valence electrons. The fraction of sp³-hybridized carbons (Fsp3) is 0.667. The molecule has 2 nitrogen and oxygen atoms in total. The van der Waals surface area contributed by atoms with E-state index in [2.05, 4.69) is 6.58 Å². The van der Waals surface area contributed by atoms with Gasteiger partial charge in [-0.15, -0.1) is 0 Å². The van der Waals surface area contributed by atoms with E-state index in [1.807, 2.05) is 13.8 Å². The molecule has 0 saturated carbocycles. The van der Waals surface area contributed by atoms with Crippen molar-refractivity contribution in [3.05, 3.63) is 12.2 Å². The van der Waals surface area contributed by atoms with E-state index in [0.29, 0.717) is 12.0 Å². The zero-order valence-electron chi connectivity index (χ0n) is 7.42. The number of ketones is 1. The van der Waals surface area contributed by atoms with Crippen molar-refractivity contribution >= 4 is 5.78 Å². The van der Waals surface area contributed by atoms with Crippen LogP contribution in [0.25, 0.3) is 0 Å². The number of aliphatic hydroxyl groups excluding tert-OH is 1. The van der Waals surface area contributed by atoms with Crippen molar-refractivity contribution < 1.29 is 9.90 Å². The third-order valence-corrected chi connectivity index (χ3v) is 1.67. The largest absolute Gasteiger partial charge is 0.388 e. The number of Topliss-reactive ketones (excluding diaryl/α,β-unsaturated/α-hetero) is 1. The molecule has 1 N–H and O–H groups in total. The number of hydrogen-bond donors (Lipinski definition) is 1. The Hall–Kier alpha value is -0.630. The number of aliphatic hydroxyl groups is 1. The van der Waals surface area contributed by atoms with Gasteiger partial charge in [-0.05, 0) is 5.92 Å². The molecular weight excluding hydrogens is 140 g/mol. The highest BCUT2D eigenvalue weighted by atomic mass is 16.3. The van der Waals surface area contributed by atoms with Crippen molar-refractivity contribution in [1.82, 2.24) is 0 Å². The van der Waals surface area contributed by atoms with Crippen molar-refractivity contribution in [2.45, 2.75) is 33.3 Å². The maximum Gasteiger partial charge on any atom is 0.160 e. The van der Waals surface area contributed by atoms with Gasteiger partial charge in [0.2, 0.25) is 0 Å². The molecule has 0 aromatic heterocycles. The monoisotopic (exact) mass is 156 g/mol. The summed E-state index contributed by atoms with van der Waals surface area (Å²) in [5.41, 5.74) is 0.336. The zero-order chi connectivity index (χ0) is 9.02. The maximum atomic E-state index is 11.0. The second kappa shape index (κ2) is 4.29. The molecule has 0 aromatic rings. The summed E-state index contributed by atoms with van der Waals surface area (Å²) in [6.45, 7) is 9.03. The fourth-order valence-electron chi connectivity index (χ4n) is 0.794. The van der Waals surface area contributed by atoms with Crippen LogP contribution in [0.4, 0.5) is 0 Å². The van der Waals surface area contributed by atoms with Crippen LogP contribution in [-0.2, 0) is 4.79 Å². The molecular formula is C9H16O2. The maximum absolute atomic E-state index is 11.0. The first kappa shape index (κ1) is 10.4. The summed E-state index contributed by atoms with van der Waals surface area (Å²) < 4.78 is 0. The van der Waals surface area contributed by atoms with Gasteiger partial charge >= 0.3 is 0 Å². The molecule has 0 amide bonds. The second-order valence-corrected chi connectivity index (χ2v) is 2.99. The van der Waals surface area contributed by atoms with Gasteiger partial charge in [-0.3, -0.25) is 4.79 Å². The Morgan fingerprint density at radius 1 is 1.55 bits per heavy atom. The van der Waals surface area contributed by atoms with Gasteiger partial charge < -0.3 is 5.11 Å². The van der Waals surface area contributed by atoms with Gasteiger partial charge in [-0.1, -0.05) is 27.4 Å².